The molecule has 4 rings (SSSR count). The van der Waals surface area contributed by atoms with Gasteiger partial charge in [-0.15, -0.1) is 12.4 Å². The molecule has 0 unspecified atom stereocenters. The highest BCUT2D eigenvalue weighted by Crippen LogP contribution is 2.66. The Morgan fingerprint density at radius 2 is 1.91 bits per heavy atom. The van der Waals surface area contributed by atoms with Crippen molar-refractivity contribution in [3.8, 4) is 0 Å². The van der Waals surface area contributed by atoms with E-state index in [-0.39, 0.29) is 66.4 Å². The minimum Gasteiger partial charge on any atom is -0.458 e. The van der Waals surface area contributed by atoms with Gasteiger partial charge in [0.1, 0.15) is 11.4 Å². The number of hydrogen-bond donors (Lipinski definition) is 2. The molecule has 0 aromatic carbocycles. The van der Waals surface area contributed by atoms with E-state index >= 15 is 0 Å². The highest BCUT2D eigenvalue weighted by Gasteiger charge is 2.68. The van der Waals surface area contributed by atoms with E-state index in [1.54, 1.807) is 6.08 Å². The molecule has 0 radical (unpaired) electrons. The van der Waals surface area contributed by atoms with E-state index < -0.39 is 29.4 Å². The normalized spacial score (nSPS) is 39.5. The van der Waals surface area contributed by atoms with E-state index in [9.17, 15) is 24.3 Å². The molecule has 7 nitrogen and oxygen atoms in total. The lowest BCUT2D eigenvalue weighted by molar-refractivity contribution is -0.173. The first-order valence-electron chi connectivity index (χ1n) is 11.9. The Labute approximate surface area is 201 Å². The average molecular weight is 482 g/mol. The molecule has 3 N–H and O–H groups in total. The molecule has 0 spiro atoms. The van der Waals surface area contributed by atoms with Gasteiger partial charge in [0.25, 0.3) is 0 Å². The second-order valence-electron chi connectivity index (χ2n) is 10.8. The summed E-state index contributed by atoms with van der Waals surface area (Å²) in [6.45, 7) is 3.87. The first-order valence-corrected chi connectivity index (χ1v) is 11.9. The fraction of sp³-hybridized carbons (Fsp3) is 0.760. The Hall–Kier alpha value is -1.57. The van der Waals surface area contributed by atoms with Gasteiger partial charge in [-0.2, -0.15) is 0 Å². The number of rotatable bonds is 6. The summed E-state index contributed by atoms with van der Waals surface area (Å²) >= 11 is 0. The van der Waals surface area contributed by atoms with Crippen LogP contribution in [-0.4, -0.2) is 47.2 Å². The third-order valence-electron chi connectivity index (χ3n) is 9.22. The first kappa shape index (κ1) is 26.0. The van der Waals surface area contributed by atoms with Crippen molar-refractivity contribution in [1.82, 2.24) is 0 Å². The zero-order valence-electron chi connectivity index (χ0n) is 19.6. The summed E-state index contributed by atoms with van der Waals surface area (Å²) in [5.41, 5.74) is 3.65. The van der Waals surface area contributed by atoms with E-state index in [1.807, 2.05) is 6.92 Å². The fourth-order valence-corrected chi connectivity index (χ4v) is 7.43. The number of Topliss-reactive ketones (excluding diaryl/α,β-unsaturated/α-hetero) is 2. The molecule has 3 fully saturated rings. The molecule has 0 amide bonds. The van der Waals surface area contributed by atoms with Gasteiger partial charge in [-0.1, -0.05) is 19.4 Å². The maximum absolute atomic E-state index is 13.6. The minimum atomic E-state index is -1.67. The summed E-state index contributed by atoms with van der Waals surface area (Å²) in [5, 5.41) is 11.6. The first-order chi connectivity index (χ1) is 15.1. The van der Waals surface area contributed by atoms with Gasteiger partial charge in [0, 0.05) is 30.6 Å². The van der Waals surface area contributed by atoms with Gasteiger partial charge in [-0.05, 0) is 68.4 Å². The molecule has 6 atom stereocenters. The van der Waals surface area contributed by atoms with Crippen molar-refractivity contribution in [3.63, 3.8) is 0 Å². The summed E-state index contributed by atoms with van der Waals surface area (Å²) in [4.78, 5) is 50.5. The van der Waals surface area contributed by atoms with Crippen molar-refractivity contribution < 1.29 is 29.0 Å². The monoisotopic (exact) mass is 481 g/mol. The summed E-state index contributed by atoms with van der Waals surface area (Å²) in [6.07, 6.45) is 6.21. The number of nitrogens with two attached hydrogens (primary N) is 1. The molecule has 8 heteroatoms. The van der Waals surface area contributed by atoms with Crippen LogP contribution in [0.1, 0.15) is 71.6 Å². The van der Waals surface area contributed by atoms with Crippen molar-refractivity contribution in [2.75, 3.05) is 13.2 Å². The zero-order chi connectivity index (χ0) is 23.3. The van der Waals surface area contributed by atoms with Gasteiger partial charge in [-0.3, -0.25) is 19.2 Å². The van der Waals surface area contributed by atoms with Gasteiger partial charge in [0.05, 0.1) is 0 Å². The van der Waals surface area contributed by atoms with Crippen LogP contribution in [0, 0.1) is 28.6 Å². The van der Waals surface area contributed by atoms with E-state index in [2.05, 4.69) is 6.92 Å². The lowest BCUT2D eigenvalue weighted by atomic mass is 9.46. The second kappa shape index (κ2) is 9.23. The predicted molar refractivity (Wildman–Crippen MR) is 124 cm³/mol. The minimum absolute atomic E-state index is 0. The third kappa shape index (κ3) is 4.00. The van der Waals surface area contributed by atoms with Gasteiger partial charge in [0.2, 0.25) is 5.78 Å². The topological polar surface area (TPSA) is 124 Å². The van der Waals surface area contributed by atoms with Gasteiger partial charge < -0.3 is 15.6 Å². The number of halogens is 1. The summed E-state index contributed by atoms with van der Waals surface area (Å²) in [7, 11) is 0. The Balaban J connectivity index is 0.00000306. The number of aliphatic hydroxyl groups is 1. The Morgan fingerprint density at radius 1 is 1.18 bits per heavy atom. The second-order valence-corrected chi connectivity index (χ2v) is 10.8. The zero-order valence-corrected chi connectivity index (χ0v) is 20.4. The van der Waals surface area contributed by atoms with E-state index in [0.29, 0.717) is 32.2 Å². The molecule has 33 heavy (non-hydrogen) atoms. The van der Waals surface area contributed by atoms with E-state index in [1.165, 1.54) is 0 Å². The van der Waals surface area contributed by atoms with Crippen LogP contribution in [0.4, 0.5) is 0 Å². The molecule has 0 aromatic heterocycles. The van der Waals surface area contributed by atoms with Crippen LogP contribution >= 0.6 is 12.4 Å². The summed E-state index contributed by atoms with van der Waals surface area (Å²) in [5.74, 6) is -0.817. The SMILES string of the molecule is C[C@]12CCC(=O)C=C1CC[C@@H]1[C@@H]2C(=O)C[C@@]2(C)[C@H]1CC[C@]2(O)C(=O)COC(=O)CCCN.Cl. The van der Waals surface area contributed by atoms with Gasteiger partial charge in [0.15, 0.2) is 12.4 Å². The molecular formula is C25H36ClNO6. The van der Waals surface area contributed by atoms with Crippen LogP contribution in [-0.2, 0) is 23.9 Å². The maximum Gasteiger partial charge on any atom is 0.306 e. The number of ketones is 3. The van der Waals surface area contributed by atoms with Crippen molar-refractivity contribution >= 4 is 35.7 Å². The average Bonchev–Trinajstić information content (AvgIpc) is 3.02. The molecular weight excluding hydrogens is 446 g/mol. The number of ether oxygens (including phenoxy) is 1. The van der Waals surface area contributed by atoms with Gasteiger partial charge in [-0.25, -0.2) is 0 Å². The summed E-state index contributed by atoms with van der Waals surface area (Å²) < 4.78 is 5.11. The molecule has 0 bridgehead atoms. The standard InChI is InChI=1S/C25H35NO6.ClH/c1-23-9-7-16(27)12-15(23)5-6-17-18-8-10-25(31,24(18,2)13-19(28)22(17)23)20(29)14-32-21(30)4-3-11-26;/h12,17-18,22,31H,3-11,13-14,26H2,1-2H3;1H/t17-,18-,22+,23-,24-,25-;/m0./s1. The van der Waals surface area contributed by atoms with Crippen LogP contribution in [0.15, 0.2) is 11.6 Å². The number of allylic oxidation sites excluding steroid dienone is 1. The Kier molecular flexibility index (Phi) is 7.29. The lowest BCUT2D eigenvalue weighted by Gasteiger charge is -2.57. The molecule has 0 aliphatic heterocycles. The molecule has 184 valence electrons. The number of esters is 1. The molecule has 3 saturated carbocycles. The molecule has 0 heterocycles. The lowest BCUT2D eigenvalue weighted by Crippen LogP contribution is -2.61. The third-order valence-corrected chi connectivity index (χ3v) is 9.22. The van der Waals surface area contributed by atoms with Crippen molar-refractivity contribution in [2.24, 2.45) is 34.3 Å². The van der Waals surface area contributed by atoms with Crippen molar-refractivity contribution in [1.29, 1.82) is 0 Å². The Bertz CT molecular complexity index is 886. The van der Waals surface area contributed by atoms with Crippen LogP contribution in [0.3, 0.4) is 0 Å². The van der Waals surface area contributed by atoms with Crippen molar-refractivity contribution in [2.45, 2.75) is 77.2 Å². The van der Waals surface area contributed by atoms with Crippen molar-refractivity contribution in [3.05, 3.63) is 11.6 Å². The quantitative estimate of drug-likeness (QED) is 0.559. The highest BCUT2D eigenvalue weighted by atomic mass is 35.5. The number of hydrogen-bond acceptors (Lipinski definition) is 7. The molecule has 4 aliphatic carbocycles. The number of carbonyl (C=O) groups is 4. The van der Waals surface area contributed by atoms with Crippen LogP contribution < -0.4 is 5.73 Å². The largest absolute Gasteiger partial charge is 0.458 e. The highest BCUT2D eigenvalue weighted by molar-refractivity contribution is 5.95. The van der Waals surface area contributed by atoms with E-state index in [4.69, 9.17) is 10.5 Å². The molecule has 0 saturated heterocycles. The van der Waals surface area contributed by atoms with Crippen LogP contribution in [0.25, 0.3) is 0 Å². The smallest absolute Gasteiger partial charge is 0.306 e. The number of carbonyl (C=O) groups excluding carboxylic acids is 4. The van der Waals surface area contributed by atoms with Gasteiger partial charge >= 0.3 is 5.97 Å². The Morgan fingerprint density at radius 3 is 2.61 bits per heavy atom. The summed E-state index contributed by atoms with van der Waals surface area (Å²) in [6, 6.07) is 0. The van der Waals surface area contributed by atoms with Crippen LogP contribution in [0.2, 0.25) is 0 Å². The fourth-order valence-electron chi connectivity index (χ4n) is 7.43. The predicted octanol–water partition coefficient (Wildman–Crippen LogP) is 2.70. The molecule has 4 aliphatic rings. The maximum atomic E-state index is 13.6. The number of fused-ring (bicyclic) bond motifs is 5. The molecule has 0 aromatic rings. The van der Waals surface area contributed by atoms with E-state index in [0.717, 1.165) is 18.4 Å². The van der Waals surface area contributed by atoms with Crippen LogP contribution in [0.5, 0.6) is 0 Å².